The number of hydrogen-bond donors (Lipinski definition) is 1. The Hall–Kier alpha value is -2.23. The van der Waals surface area contributed by atoms with Gasteiger partial charge in [-0.15, -0.1) is 0 Å². The number of aryl methyl sites for hydroxylation is 1. The summed E-state index contributed by atoms with van der Waals surface area (Å²) in [6, 6.07) is 7.41. The van der Waals surface area contributed by atoms with Gasteiger partial charge in [-0.05, 0) is 43.0 Å². The first-order chi connectivity index (χ1) is 9.27. The molecule has 0 fully saturated rings. The summed E-state index contributed by atoms with van der Waals surface area (Å²) >= 11 is 0. The van der Waals surface area contributed by atoms with E-state index in [-0.39, 0.29) is 11.7 Å². The Kier molecular flexibility index (Phi) is 2.99. The molecule has 0 spiro atoms. The van der Waals surface area contributed by atoms with Gasteiger partial charge in [0.2, 0.25) is 0 Å². The first-order valence-electron chi connectivity index (χ1n) is 6.46. The first kappa shape index (κ1) is 11.8. The number of fused-ring (bicyclic) bond motifs is 1. The number of hydrogen-bond acceptors (Lipinski definition) is 4. The van der Waals surface area contributed by atoms with Crippen LogP contribution in [-0.2, 0) is 6.42 Å². The number of Topliss-reactive ketones (excluding diaryl/α,β-unsaturated/α-hetero) is 1. The highest BCUT2D eigenvalue weighted by atomic mass is 16.1. The minimum atomic E-state index is -0.206. The monoisotopic (exact) mass is 253 g/mol. The molecule has 96 valence electrons. The predicted molar refractivity (Wildman–Crippen MR) is 72.9 cm³/mol. The topological polar surface area (TPSA) is 68.9 Å². The predicted octanol–water partition coefficient (Wildman–Crippen LogP) is 2.36. The van der Waals surface area contributed by atoms with Gasteiger partial charge in [0.05, 0.1) is 17.3 Å². The molecule has 0 saturated heterocycles. The number of aromatic nitrogens is 2. The summed E-state index contributed by atoms with van der Waals surface area (Å²) in [5.41, 5.74) is 8.71. The van der Waals surface area contributed by atoms with Crippen LogP contribution < -0.4 is 5.73 Å². The van der Waals surface area contributed by atoms with Crippen LogP contribution in [0.1, 0.15) is 40.5 Å². The van der Waals surface area contributed by atoms with Crippen LogP contribution in [-0.4, -0.2) is 15.8 Å². The van der Waals surface area contributed by atoms with E-state index in [0.29, 0.717) is 11.4 Å². The van der Waals surface area contributed by atoms with Crippen molar-refractivity contribution in [1.29, 1.82) is 0 Å². The van der Waals surface area contributed by atoms with E-state index in [2.05, 4.69) is 9.97 Å². The number of pyridine rings is 2. The van der Waals surface area contributed by atoms with Gasteiger partial charge in [0.1, 0.15) is 5.69 Å². The molecular weight excluding hydrogens is 238 g/mol. The van der Waals surface area contributed by atoms with Crippen LogP contribution in [0.2, 0.25) is 0 Å². The van der Waals surface area contributed by atoms with Crippen LogP contribution in [0.4, 0.5) is 5.69 Å². The highest BCUT2D eigenvalue weighted by Gasteiger charge is 2.29. The van der Waals surface area contributed by atoms with Gasteiger partial charge in [0, 0.05) is 12.4 Å². The summed E-state index contributed by atoms with van der Waals surface area (Å²) in [6.45, 7) is 0. The molecule has 2 N–H and O–H groups in total. The lowest BCUT2D eigenvalue weighted by Gasteiger charge is -2.23. The largest absolute Gasteiger partial charge is 0.397 e. The fraction of sp³-hybridized carbons (Fsp3) is 0.267. The van der Waals surface area contributed by atoms with E-state index in [1.807, 2.05) is 12.1 Å². The van der Waals surface area contributed by atoms with Gasteiger partial charge in [-0.2, -0.15) is 0 Å². The summed E-state index contributed by atoms with van der Waals surface area (Å²) in [5, 5.41) is 0. The Balaban J connectivity index is 2.00. The Morgan fingerprint density at radius 1 is 1.21 bits per heavy atom. The maximum atomic E-state index is 12.6. The molecule has 2 aromatic rings. The van der Waals surface area contributed by atoms with Gasteiger partial charge in [0.15, 0.2) is 5.78 Å². The van der Waals surface area contributed by atoms with E-state index < -0.39 is 0 Å². The normalized spacial score (nSPS) is 17.8. The molecule has 2 aromatic heterocycles. The van der Waals surface area contributed by atoms with Gasteiger partial charge >= 0.3 is 0 Å². The van der Waals surface area contributed by atoms with Crippen molar-refractivity contribution in [3.05, 3.63) is 53.6 Å². The number of ketones is 1. The average Bonchev–Trinajstić information content (AvgIpc) is 2.46. The number of carbonyl (C=O) groups is 1. The van der Waals surface area contributed by atoms with Gasteiger partial charge in [0.25, 0.3) is 0 Å². The van der Waals surface area contributed by atoms with E-state index in [0.717, 1.165) is 25.0 Å². The maximum Gasteiger partial charge on any atom is 0.192 e. The van der Waals surface area contributed by atoms with Gasteiger partial charge in [-0.3, -0.25) is 14.8 Å². The van der Waals surface area contributed by atoms with Gasteiger partial charge in [-0.25, -0.2) is 0 Å². The molecule has 1 aliphatic carbocycles. The third-order valence-corrected chi connectivity index (χ3v) is 3.58. The summed E-state index contributed by atoms with van der Waals surface area (Å²) in [4.78, 5) is 21.1. The minimum Gasteiger partial charge on any atom is -0.397 e. The highest BCUT2D eigenvalue weighted by Crippen LogP contribution is 2.32. The van der Waals surface area contributed by atoms with Crippen LogP contribution >= 0.6 is 0 Å². The van der Waals surface area contributed by atoms with Crippen LogP contribution in [0, 0.1) is 0 Å². The number of anilines is 1. The second-order valence-electron chi connectivity index (χ2n) is 4.80. The Bertz CT molecular complexity index is 624. The smallest absolute Gasteiger partial charge is 0.192 e. The molecule has 1 aliphatic rings. The summed E-state index contributed by atoms with van der Waals surface area (Å²) in [5.74, 6) is -0.222. The van der Waals surface area contributed by atoms with Crippen molar-refractivity contribution >= 4 is 11.5 Å². The van der Waals surface area contributed by atoms with Crippen molar-refractivity contribution in [3.8, 4) is 0 Å². The van der Waals surface area contributed by atoms with E-state index in [1.54, 1.807) is 24.5 Å². The zero-order chi connectivity index (χ0) is 13.2. The van der Waals surface area contributed by atoms with E-state index in [1.165, 1.54) is 5.56 Å². The first-order valence-corrected chi connectivity index (χ1v) is 6.46. The van der Waals surface area contributed by atoms with Crippen molar-refractivity contribution in [2.75, 3.05) is 5.73 Å². The molecule has 4 nitrogen and oxygen atoms in total. The second kappa shape index (κ2) is 4.80. The fourth-order valence-corrected chi connectivity index (χ4v) is 2.65. The van der Waals surface area contributed by atoms with Crippen LogP contribution in [0.3, 0.4) is 0 Å². The SMILES string of the molecule is Nc1cccnc1C(=O)C1CCCc2cccnc21. The Morgan fingerprint density at radius 2 is 2.00 bits per heavy atom. The molecule has 0 radical (unpaired) electrons. The molecule has 0 aliphatic heterocycles. The molecule has 3 rings (SSSR count). The van der Waals surface area contributed by atoms with Crippen LogP contribution in [0.5, 0.6) is 0 Å². The quantitative estimate of drug-likeness (QED) is 0.834. The average molecular weight is 253 g/mol. The molecule has 1 atom stereocenters. The second-order valence-corrected chi connectivity index (χ2v) is 4.80. The van der Waals surface area contributed by atoms with Crippen molar-refractivity contribution in [2.45, 2.75) is 25.2 Å². The number of nitrogens with two attached hydrogens (primary N) is 1. The van der Waals surface area contributed by atoms with Crippen molar-refractivity contribution in [3.63, 3.8) is 0 Å². The number of nitrogens with zero attached hydrogens (tertiary/aromatic N) is 2. The van der Waals surface area contributed by atoms with Gasteiger partial charge < -0.3 is 5.73 Å². The number of rotatable bonds is 2. The molecule has 0 bridgehead atoms. The van der Waals surface area contributed by atoms with Crippen LogP contribution in [0.15, 0.2) is 36.7 Å². The maximum absolute atomic E-state index is 12.6. The third kappa shape index (κ3) is 2.10. The van der Waals surface area contributed by atoms with Crippen LogP contribution in [0.25, 0.3) is 0 Å². The third-order valence-electron chi connectivity index (χ3n) is 3.58. The highest BCUT2D eigenvalue weighted by molar-refractivity contribution is 6.03. The molecule has 1 unspecified atom stereocenters. The number of nitrogen functional groups attached to an aromatic ring is 1. The standard InChI is InChI=1S/C15H15N3O/c16-12-7-3-9-18-14(12)15(19)11-6-1-4-10-5-2-8-17-13(10)11/h2-3,5,7-9,11H,1,4,6,16H2. The zero-order valence-corrected chi connectivity index (χ0v) is 10.5. The van der Waals surface area contributed by atoms with Crippen molar-refractivity contribution in [1.82, 2.24) is 9.97 Å². The lowest BCUT2D eigenvalue weighted by molar-refractivity contribution is 0.0945. The van der Waals surface area contributed by atoms with E-state index in [9.17, 15) is 4.79 Å². The Labute approximate surface area is 111 Å². The lowest BCUT2D eigenvalue weighted by Crippen LogP contribution is -2.21. The minimum absolute atomic E-state index is 0.0160. The molecule has 19 heavy (non-hydrogen) atoms. The van der Waals surface area contributed by atoms with Crippen molar-refractivity contribution < 1.29 is 4.79 Å². The molecule has 0 amide bonds. The summed E-state index contributed by atoms with van der Waals surface area (Å²) in [6.07, 6.45) is 6.16. The summed E-state index contributed by atoms with van der Waals surface area (Å²) < 4.78 is 0. The van der Waals surface area contributed by atoms with Crippen molar-refractivity contribution in [2.24, 2.45) is 0 Å². The molecule has 2 heterocycles. The van der Waals surface area contributed by atoms with E-state index >= 15 is 0 Å². The lowest BCUT2D eigenvalue weighted by atomic mass is 9.83. The fourth-order valence-electron chi connectivity index (χ4n) is 2.65. The van der Waals surface area contributed by atoms with E-state index in [4.69, 9.17) is 5.73 Å². The molecule has 0 aromatic carbocycles. The number of carbonyl (C=O) groups excluding carboxylic acids is 1. The molecule has 4 heteroatoms. The molecular formula is C15H15N3O. The Morgan fingerprint density at radius 3 is 2.84 bits per heavy atom. The zero-order valence-electron chi connectivity index (χ0n) is 10.5. The van der Waals surface area contributed by atoms with Gasteiger partial charge in [-0.1, -0.05) is 6.07 Å². The molecule has 0 saturated carbocycles. The summed E-state index contributed by atoms with van der Waals surface area (Å²) in [7, 11) is 0.